The van der Waals surface area contributed by atoms with Crippen molar-refractivity contribution in [3.63, 3.8) is 0 Å². The number of hydrogen-bond donors (Lipinski definition) is 2. The maximum Gasteiger partial charge on any atom is 0.243 e. The van der Waals surface area contributed by atoms with Gasteiger partial charge in [-0.2, -0.15) is 0 Å². The molecular formula is C11H14ClN3O. The lowest BCUT2D eigenvalue weighted by Gasteiger charge is -2.32. The summed E-state index contributed by atoms with van der Waals surface area (Å²) in [4.78, 5) is 13.4. The summed E-state index contributed by atoms with van der Waals surface area (Å²) in [5.74, 6) is -0.0181. The third-order valence-corrected chi connectivity index (χ3v) is 2.65. The van der Waals surface area contributed by atoms with Crippen LogP contribution in [0.25, 0.3) is 0 Å². The average Bonchev–Trinajstić information content (AvgIpc) is 2.18. The average molecular weight is 240 g/mol. The Kier molecular flexibility index (Phi) is 3.03. The van der Waals surface area contributed by atoms with E-state index in [1.54, 1.807) is 6.07 Å². The van der Waals surface area contributed by atoms with Gasteiger partial charge in [-0.25, -0.2) is 0 Å². The van der Waals surface area contributed by atoms with Crippen molar-refractivity contribution in [3.8, 4) is 0 Å². The first-order valence-corrected chi connectivity index (χ1v) is 5.54. The van der Waals surface area contributed by atoms with Gasteiger partial charge < -0.3 is 16.0 Å². The Bertz CT molecular complexity index is 420. The molecule has 0 saturated heterocycles. The fourth-order valence-corrected chi connectivity index (χ4v) is 2.00. The number of nitrogens with two attached hydrogens (primary N) is 1. The molecule has 1 heterocycles. The van der Waals surface area contributed by atoms with Crippen LogP contribution >= 0.6 is 11.6 Å². The minimum absolute atomic E-state index is 0.0118. The first kappa shape index (κ1) is 11.2. The molecule has 3 N–H and O–H groups in total. The number of hydrogen-bond acceptors (Lipinski definition) is 3. The van der Waals surface area contributed by atoms with Gasteiger partial charge in [-0.15, -0.1) is 0 Å². The number of carbonyl (C=O) groups is 1. The molecule has 1 atom stereocenters. The fourth-order valence-electron chi connectivity index (χ4n) is 1.83. The lowest BCUT2D eigenvalue weighted by molar-refractivity contribution is -0.115. The molecule has 0 fully saturated rings. The van der Waals surface area contributed by atoms with E-state index in [0.29, 0.717) is 18.1 Å². The number of carbonyl (C=O) groups excluding carboxylic acids is 1. The minimum Gasteiger partial charge on any atom is -0.359 e. The van der Waals surface area contributed by atoms with Crippen molar-refractivity contribution >= 4 is 28.9 Å². The smallest absolute Gasteiger partial charge is 0.243 e. The molecule has 0 saturated carbocycles. The van der Waals surface area contributed by atoms with E-state index >= 15 is 0 Å². The molecule has 16 heavy (non-hydrogen) atoms. The molecule has 86 valence electrons. The summed E-state index contributed by atoms with van der Waals surface area (Å²) in [7, 11) is 0. The number of anilines is 2. The van der Waals surface area contributed by atoms with E-state index in [1.807, 2.05) is 24.0 Å². The van der Waals surface area contributed by atoms with Crippen LogP contribution in [0.15, 0.2) is 18.2 Å². The van der Waals surface area contributed by atoms with E-state index in [1.165, 1.54) is 0 Å². The zero-order valence-electron chi connectivity index (χ0n) is 9.03. The van der Waals surface area contributed by atoms with Crippen LogP contribution in [0.5, 0.6) is 0 Å². The van der Waals surface area contributed by atoms with Gasteiger partial charge in [0.05, 0.1) is 17.9 Å². The fraction of sp³-hybridized carbons (Fsp3) is 0.364. The number of nitrogens with one attached hydrogen (secondary N) is 1. The van der Waals surface area contributed by atoms with Crippen molar-refractivity contribution in [2.24, 2.45) is 5.73 Å². The number of nitrogens with zero attached hydrogens (tertiary/aromatic N) is 1. The summed E-state index contributed by atoms with van der Waals surface area (Å²) >= 11 is 5.94. The van der Waals surface area contributed by atoms with E-state index in [4.69, 9.17) is 17.3 Å². The van der Waals surface area contributed by atoms with Gasteiger partial charge in [0.25, 0.3) is 0 Å². The third kappa shape index (κ3) is 2.28. The molecule has 0 aliphatic carbocycles. The molecule has 1 aromatic carbocycles. The molecule has 1 aliphatic heterocycles. The summed E-state index contributed by atoms with van der Waals surface area (Å²) < 4.78 is 0. The molecule has 1 aliphatic rings. The molecule has 5 heteroatoms. The highest BCUT2D eigenvalue weighted by atomic mass is 35.5. The molecule has 1 amide bonds. The lowest BCUT2D eigenvalue weighted by Crippen LogP contribution is -2.43. The highest BCUT2D eigenvalue weighted by Gasteiger charge is 2.22. The van der Waals surface area contributed by atoms with E-state index in [2.05, 4.69) is 5.32 Å². The van der Waals surface area contributed by atoms with Gasteiger partial charge in [0, 0.05) is 17.6 Å². The maximum absolute atomic E-state index is 11.5. The van der Waals surface area contributed by atoms with E-state index < -0.39 is 0 Å². The summed E-state index contributed by atoms with van der Waals surface area (Å²) in [6.45, 7) is 2.88. The highest BCUT2D eigenvalue weighted by molar-refractivity contribution is 6.31. The van der Waals surface area contributed by atoms with E-state index in [-0.39, 0.29) is 11.9 Å². The quantitative estimate of drug-likeness (QED) is 0.821. The van der Waals surface area contributed by atoms with Gasteiger partial charge in [-0.05, 0) is 25.1 Å². The Morgan fingerprint density at radius 2 is 2.38 bits per heavy atom. The minimum atomic E-state index is -0.0181. The number of amides is 1. The summed E-state index contributed by atoms with van der Waals surface area (Å²) in [6.07, 6.45) is 0. The van der Waals surface area contributed by atoms with Gasteiger partial charge in [0.15, 0.2) is 0 Å². The molecule has 0 aromatic heterocycles. The van der Waals surface area contributed by atoms with E-state index in [0.717, 1.165) is 11.4 Å². The van der Waals surface area contributed by atoms with Crippen molar-refractivity contribution in [1.82, 2.24) is 0 Å². The van der Waals surface area contributed by atoms with Crippen molar-refractivity contribution in [2.75, 3.05) is 23.3 Å². The maximum atomic E-state index is 11.5. The summed E-state index contributed by atoms with van der Waals surface area (Å²) in [6, 6.07) is 5.43. The number of fused-ring (bicyclic) bond motifs is 1. The Morgan fingerprint density at radius 3 is 3.06 bits per heavy atom. The second kappa shape index (κ2) is 4.31. The number of halogens is 1. The number of benzene rings is 1. The molecule has 1 unspecified atom stereocenters. The van der Waals surface area contributed by atoms with Gasteiger partial charge in [-0.3, -0.25) is 4.79 Å². The van der Waals surface area contributed by atoms with E-state index in [9.17, 15) is 4.79 Å². The highest BCUT2D eigenvalue weighted by Crippen LogP contribution is 2.31. The van der Waals surface area contributed by atoms with Gasteiger partial charge in [0.2, 0.25) is 5.91 Å². The molecule has 0 bridgehead atoms. The molecule has 4 nitrogen and oxygen atoms in total. The topological polar surface area (TPSA) is 58.4 Å². The van der Waals surface area contributed by atoms with Crippen LogP contribution in [-0.4, -0.2) is 25.0 Å². The Labute approximate surface area is 99.4 Å². The van der Waals surface area contributed by atoms with Crippen molar-refractivity contribution in [2.45, 2.75) is 13.0 Å². The van der Waals surface area contributed by atoms with Crippen LogP contribution in [-0.2, 0) is 4.79 Å². The summed E-state index contributed by atoms with van der Waals surface area (Å²) in [5, 5.41) is 3.47. The SMILES string of the molecule is CC(N)CN1CC(=O)Nc2ccc(Cl)cc21. The van der Waals surface area contributed by atoms with Crippen molar-refractivity contribution < 1.29 is 4.79 Å². The predicted octanol–water partition coefficient (Wildman–Crippen LogP) is 1.45. The lowest BCUT2D eigenvalue weighted by atomic mass is 10.1. The first-order chi connectivity index (χ1) is 7.56. The van der Waals surface area contributed by atoms with Crippen LogP contribution in [0.4, 0.5) is 11.4 Å². The second-order valence-corrected chi connectivity index (χ2v) is 4.50. The van der Waals surface area contributed by atoms with Crippen LogP contribution in [0, 0.1) is 0 Å². The van der Waals surface area contributed by atoms with Crippen molar-refractivity contribution in [3.05, 3.63) is 23.2 Å². The summed E-state index contributed by atoms with van der Waals surface area (Å²) in [5.41, 5.74) is 7.49. The Balaban J connectivity index is 2.35. The zero-order valence-corrected chi connectivity index (χ0v) is 9.79. The molecule has 1 aromatic rings. The largest absolute Gasteiger partial charge is 0.359 e. The van der Waals surface area contributed by atoms with Crippen LogP contribution < -0.4 is 16.0 Å². The zero-order chi connectivity index (χ0) is 11.7. The van der Waals surface area contributed by atoms with Crippen molar-refractivity contribution in [1.29, 1.82) is 0 Å². The monoisotopic (exact) mass is 239 g/mol. The predicted molar refractivity (Wildman–Crippen MR) is 65.9 cm³/mol. The molecule has 0 radical (unpaired) electrons. The molecular weight excluding hydrogens is 226 g/mol. The third-order valence-electron chi connectivity index (χ3n) is 2.42. The number of rotatable bonds is 2. The molecule has 2 rings (SSSR count). The van der Waals surface area contributed by atoms with Crippen LogP contribution in [0.3, 0.4) is 0 Å². The second-order valence-electron chi connectivity index (χ2n) is 4.07. The van der Waals surface area contributed by atoms with Crippen LogP contribution in [0.1, 0.15) is 6.92 Å². The van der Waals surface area contributed by atoms with Gasteiger partial charge >= 0.3 is 0 Å². The normalized spacial score (nSPS) is 16.7. The molecule has 0 spiro atoms. The first-order valence-electron chi connectivity index (χ1n) is 5.16. The van der Waals surface area contributed by atoms with Gasteiger partial charge in [0.1, 0.15) is 0 Å². The Morgan fingerprint density at radius 1 is 1.62 bits per heavy atom. The Hall–Kier alpha value is -1.26. The van der Waals surface area contributed by atoms with Gasteiger partial charge in [-0.1, -0.05) is 11.6 Å². The van der Waals surface area contributed by atoms with Crippen LogP contribution in [0.2, 0.25) is 5.02 Å². The standard InChI is InChI=1S/C11H14ClN3O/c1-7(13)5-15-6-11(16)14-9-3-2-8(12)4-10(9)15/h2-4,7H,5-6,13H2,1H3,(H,14,16).